The maximum Gasteiger partial charge on any atom is 0.151 e. The summed E-state index contributed by atoms with van der Waals surface area (Å²) in [6, 6.07) is 0. The first kappa shape index (κ1) is 17.9. The Labute approximate surface area is 141 Å². The molecule has 2 N–H and O–H groups in total. The summed E-state index contributed by atoms with van der Waals surface area (Å²) in [5.74, 6) is 3.10. The van der Waals surface area contributed by atoms with Crippen LogP contribution in [0.3, 0.4) is 0 Å². The lowest BCUT2D eigenvalue weighted by Gasteiger charge is -2.11. The quantitative estimate of drug-likeness (QED) is 0.804. The van der Waals surface area contributed by atoms with Gasteiger partial charge in [-0.1, -0.05) is 20.3 Å². The fraction of sp³-hybridized carbons (Fsp3) is 0.647. The number of unbranched alkanes of at least 4 members (excludes halogenated alkanes) is 1. The van der Waals surface area contributed by atoms with Crippen LogP contribution in [0.15, 0.2) is 0 Å². The molecule has 1 atom stereocenters. The highest BCUT2D eigenvalue weighted by molar-refractivity contribution is 7.84. The molecule has 2 rings (SSSR count). The fourth-order valence-electron chi connectivity index (χ4n) is 2.85. The van der Waals surface area contributed by atoms with E-state index in [9.17, 15) is 4.21 Å². The van der Waals surface area contributed by atoms with Crippen LogP contribution in [-0.4, -0.2) is 30.2 Å². The van der Waals surface area contributed by atoms with E-state index >= 15 is 0 Å². The molecule has 2 aromatic rings. The number of aryl methyl sites for hydroxylation is 4. The van der Waals surface area contributed by atoms with Crippen LogP contribution in [0.25, 0.3) is 11.0 Å². The van der Waals surface area contributed by atoms with E-state index in [1.54, 1.807) is 0 Å². The third kappa shape index (κ3) is 3.91. The summed E-state index contributed by atoms with van der Waals surface area (Å²) in [5.41, 5.74) is 10.0. The van der Waals surface area contributed by atoms with Gasteiger partial charge in [0.1, 0.15) is 11.3 Å². The molecule has 0 saturated heterocycles. The van der Waals surface area contributed by atoms with E-state index in [1.165, 1.54) is 0 Å². The summed E-state index contributed by atoms with van der Waals surface area (Å²) < 4.78 is 14.2. The predicted octanol–water partition coefficient (Wildman–Crippen LogP) is 3.13. The van der Waals surface area contributed by atoms with Crippen molar-refractivity contribution in [1.29, 1.82) is 0 Å². The summed E-state index contributed by atoms with van der Waals surface area (Å²) >= 11 is 0. The highest BCUT2D eigenvalue weighted by atomic mass is 32.2. The van der Waals surface area contributed by atoms with E-state index in [4.69, 9.17) is 5.73 Å². The van der Waals surface area contributed by atoms with Crippen molar-refractivity contribution in [3.8, 4) is 0 Å². The Bertz CT molecular complexity index is 708. The molecule has 0 spiro atoms. The number of hydrogen-bond acceptors (Lipinski definition) is 4. The van der Waals surface area contributed by atoms with Gasteiger partial charge >= 0.3 is 0 Å². The van der Waals surface area contributed by atoms with Crippen LogP contribution >= 0.6 is 0 Å². The molecular weight excluding hydrogens is 308 g/mol. The average Bonchev–Trinajstić information content (AvgIpc) is 2.90. The monoisotopic (exact) mass is 336 g/mol. The van der Waals surface area contributed by atoms with Gasteiger partial charge in [0, 0.05) is 41.0 Å². The Morgan fingerprint density at radius 3 is 2.48 bits per heavy atom. The van der Waals surface area contributed by atoms with E-state index in [2.05, 4.69) is 35.3 Å². The van der Waals surface area contributed by atoms with Crippen molar-refractivity contribution < 1.29 is 4.21 Å². The molecule has 0 aliphatic carbocycles. The molecule has 2 aromatic heterocycles. The average molecular weight is 337 g/mol. The van der Waals surface area contributed by atoms with E-state index in [-0.39, 0.29) is 0 Å². The molecule has 0 saturated carbocycles. The van der Waals surface area contributed by atoms with Crippen LogP contribution in [0.1, 0.15) is 50.2 Å². The number of aromatic nitrogens is 3. The zero-order chi connectivity index (χ0) is 17.0. The van der Waals surface area contributed by atoms with Gasteiger partial charge in [-0.2, -0.15) is 0 Å². The van der Waals surface area contributed by atoms with E-state index < -0.39 is 10.8 Å². The van der Waals surface area contributed by atoms with Crippen LogP contribution < -0.4 is 5.73 Å². The number of nitrogens with zero attached hydrogens (tertiary/aromatic N) is 3. The van der Waals surface area contributed by atoms with Gasteiger partial charge in [-0.05, 0) is 32.3 Å². The first-order valence-electron chi connectivity index (χ1n) is 8.46. The lowest BCUT2D eigenvalue weighted by Crippen LogP contribution is -2.09. The maximum absolute atomic E-state index is 12.0. The zero-order valence-corrected chi connectivity index (χ0v) is 15.5. The summed E-state index contributed by atoms with van der Waals surface area (Å²) in [5, 5.41) is 0. The largest absolute Gasteiger partial charge is 0.382 e. The van der Waals surface area contributed by atoms with Crippen molar-refractivity contribution in [2.75, 3.05) is 17.2 Å². The number of rotatable bonds is 8. The zero-order valence-electron chi connectivity index (χ0n) is 14.7. The van der Waals surface area contributed by atoms with Crippen LogP contribution in [0.2, 0.25) is 0 Å². The van der Waals surface area contributed by atoms with Gasteiger partial charge in [0.25, 0.3) is 0 Å². The normalized spacial score (nSPS) is 12.9. The smallest absolute Gasteiger partial charge is 0.151 e. The summed E-state index contributed by atoms with van der Waals surface area (Å²) in [6.45, 7) is 9.12. The second-order valence-electron chi connectivity index (χ2n) is 5.99. The molecule has 128 valence electrons. The van der Waals surface area contributed by atoms with E-state index in [0.717, 1.165) is 71.8 Å². The minimum absolute atomic E-state index is 0.503. The fourth-order valence-corrected chi connectivity index (χ4v) is 4.11. The van der Waals surface area contributed by atoms with E-state index in [1.807, 2.05) is 6.92 Å². The van der Waals surface area contributed by atoms with Crippen LogP contribution in [-0.2, 0) is 23.8 Å². The Morgan fingerprint density at radius 2 is 1.83 bits per heavy atom. The molecule has 0 amide bonds. The molecule has 5 nitrogen and oxygen atoms in total. The van der Waals surface area contributed by atoms with Gasteiger partial charge in [0.15, 0.2) is 5.82 Å². The molecular formula is C17H28N4OS. The second kappa shape index (κ2) is 7.90. The summed E-state index contributed by atoms with van der Waals surface area (Å²) in [7, 11) is -0.709. The minimum Gasteiger partial charge on any atom is -0.382 e. The first-order chi connectivity index (χ1) is 11.0. The highest BCUT2D eigenvalue weighted by Crippen LogP contribution is 2.26. The Morgan fingerprint density at radius 1 is 1.13 bits per heavy atom. The van der Waals surface area contributed by atoms with Gasteiger partial charge in [0.05, 0.1) is 5.52 Å². The molecule has 0 bridgehead atoms. The highest BCUT2D eigenvalue weighted by Gasteiger charge is 2.16. The van der Waals surface area contributed by atoms with Gasteiger partial charge in [-0.25, -0.2) is 9.97 Å². The Hall–Kier alpha value is -1.43. The minimum atomic E-state index is -0.709. The standard InChI is InChI=1S/C17H28N4OS/c1-5-7-10-23(22)11-8-9-21-14(6-2)20-15-16(21)12(3)13(4)19-17(15)18/h5-11H2,1-4H3,(H2,18,19). The van der Waals surface area contributed by atoms with Crippen molar-refractivity contribution in [1.82, 2.24) is 14.5 Å². The van der Waals surface area contributed by atoms with Gasteiger partial charge < -0.3 is 10.3 Å². The number of nitrogen functional groups attached to an aromatic ring is 1. The van der Waals surface area contributed by atoms with Gasteiger partial charge in [-0.15, -0.1) is 0 Å². The molecule has 0 aliphatic rings. The first-order valence-corrected chi connectivity index (χ1v) is 9.95. The number of imidazole rings is 1. The third-order valence-corrected chi connectivity index (χ3v) is 5.76. The summed E-state index contributed by atoms with van der Waals surface area (Å²) in [4.78, 5) is 9.07. The predicted molar refractivity (Wildman–Crippen MR) is 98.2 cm³/mol. The summed E-state index contributed by atoms with van der Waals surface area (Å²) in [6.07, 6.45) is 3.89. The molecule has 0 radical (unpaired) electrons. The number of pyridine rings is 1. The maximum atomic E-state index is 12.0. The van der Waals surface area contributed by atoms with Crippen molar-refractivity contribution in [2.45, 2.75) is 59.9 Å². The van der Waals surface area contributed by atoms with E-state index in [0.29, 0.717) is 5.82 Å². The van der Waals surface area contributed by atoms with Crippen LogP contribution in [0, 0.1) is 13.8 Å². The SMILES string of the molecule is CCCCS(=O)CCCn1c(CC)nc2c(N)nc(C)c(C)c21. The molecule has 0 aromatic carbocycles. The molecule has 6 heteroatoms. The third-order valence-electron chi connectivity index (χ3n) is 4.27. The molecule has 1 unspecified atom stereocenters. The van der Waals surface area contributed by atoms with Gasteiger partial charge in [0.2, 0.25) is 0 Å². The Balaban J connectivity index is 2.24. The van der Waals surface area contributed by atoms with Crippen molar-refractivity contribution in [3.05, 3.63) is 17.1 Å². The topological polar surface area (TPSA) is 73.8 Å². The molecule has 2 heterocycles. The van der Waals surface area contributed by atoms with Crippen molar-refractivity contribution in [2.24, 2.45) is 0 Å². The molecule has 0 aliphatic heterocycles. The van der Waals surface area contributed by atoms with Crippen molar-refractivity contribution >= 4 is 27.7 Å². The molecule has 0 fully saturated rings. The van der Waals surface area contributed by atoms with Crippen LogP contribution in [0.5, 0.6) is 0 Å². The number of anilines is 1. The number of fused-ring (bicyclic) bond motifs is 1. The van der Waals surface area contributed by atoms with Crippen molar-refractivity contribution in [3.63, 3.8) is 0 Å². The lowest BCUT2D eigenvalue weighted by molar-refractivity contribution is 0.645. The number of nitrogens with two attached hydrogens (primary N) is 1. The van der Waals surface area contributed by atoms with Gasteiger partial charge in [-0.3, -0.25) is 4.21 Å². The Kier molecular flexibility index (Phi) is 6.16. The lowest BCUT2D eigenvalue weighted by atomic mass is 10.2. The second-order valence-corrected chi connectivity index (χ2v) is 7.69. The van der Waals surface area contributed by atoms with Crippen LogP contribution in [0.4, 0.5) is 5.82 Å². The number of hydrogen-bond donors (Lipinski definition) is 1. The molecule has 23 heavy (non-hydrogen) atoms.